The van der Waals surface area contributed by atoms with E-state index in [-0.39, 0.29) is 0 Å². The van der Waals surface area contributed by atoms with Gasteiger partial charge in [-0.1, -0.05) is 67.2 Å². The Bertz CT molecular complexity index is 350. The Kier molecular flexibility index (Phi) is 14.7. The predicted octanol–water partition coefficient (Wildman–Crippen LogP) is 6.07. The van der Waals surface area contributed by atoms with E-state index in [1.165, 1.54) is 12.8 Å². The Morgan fingerprint density at radius 2 is 1.12 bits per heavy atom. The van der Waals surface area contributed by atoms with Crippen LogP contribution in [0.15, 0.2) is 0 Å². The maximum Gasteiger partial charge on any atom is 0.342 e. The van der Waals surface area contributed by atoms with Gasteiger partial charge in [0.15, 0.2) is 0 Å². The van der Waals surface area contributed by atoms with Gasteiger partial charge >= 0.3 is 11.9 Å². The zero-order valence-corrected chi connectivity index (χ0v) is 17.2. The molecule has 0 amide bonds. The van der Waals surface area contributed by atoms with E-state index in [0.29, 0.717) is 23.7 Å². The minimum atomic E-state index is -0.675. The van der Waals surface area contributed by atoms with Gasteiger partial charge in [-0.2, -0.15) is 5.26 Å². The van der Waals surface area contributed by atoms with Crippen molar-refractivity contribution in [2.24, 2.45) is 10.8 Å². The van der Waals surface area contributed by atoms with E-state index >= 15 is 0 Å². The Morgan fingerprint density at radius 1 is 0.720 bits per heavy atom. The van der Waals surface area contributed by atoms with E-state index in [4.69, 9.17) is 10.4 Å². The highest BCUT2D eigenvalue weighted by Crippen LogP contribution is 2.22. The average molecular weight is 361 g/mol. The summed E-state index contributed by atoms with van der Waals surface area (Å²) in [4.78, 5) is 24.2. The molecule has 0 rings (SSSR count). The highest BCUT2D eigenvalue weighted by Gasteiger charge is 2.10. The zero-order valence-electron chi connectivity index (χ0n) is 17.2. The molecule has 0 aromatic carbocycles. The molecule has 5 heteroatoms. The van der Waals surface area contributed by atoms with E-state index in [9.17, 15) is 9.59 Å². The summed E-state index contributed by atoms with van der Waals surface area (Å²) in [7, 11) is 0. The van der Waals surface area contributed by atoms with Crippen molar-refractivity contribution in [2.75, 3.05) is 0 Å². The van der Waals surface area contributed by atoms with Crippen LogP contribution in [0.2, 0.25) is 0 Å². The van der Waals surface area contributed by atoms with Gasteiger partial charge in [0.2, 0.25) is 0 Å². The third-order valence-corrected chi connectivity index (χ3v) is 3.73. The maximum atomic E-state index is 10.5. The molecule has 0 heterocycles. The van der Waals surface area contributed by atoms with Crippen molar-refractivity contribution in [3.8, 4) is 0 Å². The van der Waals surface area contributed by atoms with Crippen LogP contribution in [0.3, 0.4) is 0 Å². The van der Waals surface area contributed by atoms with Crippen LogP contribution >= 0.6 is 0 Å². The second-order valence-electron chi connectivity index (χ2n) is 9.10. The van der Waals surface area contributed by atoms with Crippen molar-refractivity contribution in [1.29, 1.82) is 0 Å². The summed E-state index contributed by atoms with van der Waals surface area (Å²) in [6.07, 6.45) is 8.97. The lowest BCUT2D eigenvalue weighted by Crippen LogP contribution is -2.04. The standard InChI is InChI=1S/C10H20O3.C10H20O2/c1-10(2,3)8-6-4-5-7-9(11)13-12;1-10(2,3)8-6-4-5-7-9(11)12/h12H,4-8H2,1-3H3;4-8H2,1-3H3,(H,11,12). The number of hydrogen-bond acceptors (Lipinski definition) is 4. The molecular formula is C20H40O5. The fourth-order valence-corrected chi connectivity index (χ4v) is 2.26. The number of carbonyl (C=O) groups excluding carboxylic acids is 1. The van der Waals surface area contributed by atoms with Crippen LogP contribution in [0.1, 0.15) is 106 Å². The first-order valence-electron chi connectivity index (χ1n) is 9.43. The second-order valence-corrected chi connectivity index (χ2v) is 9.10. The van der Waals surface area contributed by atoms with Gasteiger partial charge in [-0.3, -0.25) is 4.79 Å². The van der Waals surface area contributed by atoms with Gasteiger partial charge < -0.3 is 9.99 Å². The first-order chi connectivity index (χ1) is 11.4. The molecule has 5 nitrogen and oxygen atoms in total. The van der Waals surface area contributed by atoms with Crippen LogP contribution in [0.5, 0.6) is 0 Å². The van der Waals surface area contributed by atoms with Crippen molar-refractivity contribution < 1.29 is 24.8 Å². The Balaban J connectivity index is 0. The molecule has 0 aliphatic heterocycles. The molecular weight excluding hydrogens is 320 g/mol. The minimum Gasteiger partial charge on any atom is -0.481 e. The van der Waals surface area contributed by atoms with E-state index in [1.54, 1.807) is 0 Å². The number of carboxylic acids is 1. The molecule has 0 aromatic heterocycles. The Labute approximate surface area is 154 Å². The third-order valence-electron chi connectivity index (χ3n) is 3.73. The van der Waals surface area contributed by atoms with Crippen LogP contribution in [0.25, 0.3) is 0 Å². The largest absolute Gasteiger partial charge is 0.481 e. The zero-order chi connectivity index (χ0) is 19.9. The smallest absolute Gasteiger partial charge is 0.342 e. The van der Waals surface area contributed by atoms with E-state index in [2.05, 4.69) is 46.4 Å². The number of aliphatic carboxylic acids is 1. The monoisotopic (exact) mass is 360 g/mol. The van der Waals surface area contributed by atoms with Gasteiger partial charge in [0.1, 0.15) is 0 Å². The van der Waals surface area contributed by atoms with Crippen molar-refractivity contribution >= 4 is 11.9 Å². The number of unbranched alkanes of at least 4 members (excludes halogenated alkanes) is 4. The van der Waals surface area contributed by atoms with Crippen LogP contribution in [-0.2, 0) is 14.5 Å². The molecule has 25 heavy (non-hydrogen) atoms. The Morgan fingerprint density at radius 3 is 1.44 bits per heavy atom. The SMILES string of the molecule is CC(C)(C)CCCCCC(=O)O.CC(C)(C)CCCCCC(=O)OO. The molecule has 0 aliphatic carbocycles. The quantitative estimate of drug-likeness (QED) is 0.281. The van der Waals surface area contributed by atoms with Crippen molar-refractivity contribution in [2.45, 2.75) is 106 Å². The van der Waals surface area contributed by atoms with Gasteiger partial charge in [0.05, 0.1) is 0 Å². The van der Waals surface area contributed by atoms with Crippen molar-refractivity contribution in [3.63, 3.8) is 0 Å². The molecule has 0 aliphatic rings. The van der Waals surface area contributed by atoms with Gasteiger partial charge in [0.25, 0.3) is 0 Å². The number of rotatable bonds is 10. The topological polar surface area (TPSA) is 83.8 Å². The molecule has 0 spiro atoms. The van der Waals surface area contributed by atoms with Gasteiger partial charge in [-0.25, -0.2) is 4.79 Å². The van der Waals surface area contributed by atoms with Crippen molar-refractivity contribution in [1.82, 2.24) is 0 Å². The Hall–Kier alpha value is -1.10. The summed E-state index contributed by atoms with van der Waals surface area (Å²) in [5, 5.41) is 16.3. The highest BCUT2D eigenvalue weighted by molar-refractivity contribution is 5.68. The van der Waals surface area contributed by atoms with Crippen LogP contribution in [-0.4, -0.2) is 22.3 Å². The van der Waals surface area contributed by atoms with Crippen LogP contribution in [0.4, 0.5) is 0 Å². The van der Waals surface area contributed by atoms with Crippen LogP contribution in [0, 0.1) is 10.8 Å². The number of hydrogen-bond donors (Lipinski definition) is 2. The van der Waals surface area contributed by atoms with E-state index in [1.807, 2.05) is 0 Å². The van der Waals surface area contributed by atoms with Crippen LogP contribution < -0.4 is 0 Å². The minimum absolute atomic E-state index is 0.320. The molecule has 0 atom stereocenters. The second kappa shape index (κ2) is 14.1. The lowest BCUT2D eigenvalue weighted by atomic mass is 9.89. The molecule has 150 valence electrons. The molecule has 0 unspecified atom stereocenters. The molecule has 2 N–H and O–H groups in total. The molecule has 0 aromatic rings. The summed E-state index contributed by atoms with van der Waals surface area (Å²) >= 11 is 0. The molecule has 0 saturated carbocycles. The summed E-state index contributed by atoms with van der Waals surface area (Å²) in [6, 6.07) is 0. The fraction of sp³-hybridized carbons (Fsp3) is 0.900. The van der Waals surface area contributed by atoms with E-state index < -0.39 is 11.9 Å². The van der Waals surface area contributed by atoms with Crippen molar-refractivity contribution in [3.05, 3.63) is 0 Å². The van der Waals surface area contributed by atoms with Gasteiger partial charge in [-0.15, -0.1) is 0 Å². The highest BCUT2D eigenvalue weighted by atomic mass is 17.1. The summed E-state index contributed by atoms with van der Waals surface area (Å²) in [5.41, 5.74) is 0.765. The summed E-state index contributed by atoms with van der Waals surface area (Å²) < 4.78 is 0. The summed E-state index contributed by atoms with van der Waals surface area (Å²) in [5.74, 6) is -1.21. The molecule has 0 saturated heterocycles. The predicted molar refractivity (Wildman–Crippen MR) is 101 cm³/mol. The maximum absolute atomic E-state index is 10.5. The summed E-state index contributed by atoms with van der Waals surface area (Å²) in [6.45, 7) is 13.2. The molecule has 0 radical (unpaired) electrons. The molecule has 0 bridgehead atoms. The lowest BCUT2D eigenvalue weighted by molar-refractivity contribution is -0.234. The number of carboxylic acid groups (broad SMARTS) is 1. The van der Waals surface area contributed by atoms with Gasteiger partial charge in [-0.05, 0) is 36.5 Å². The lowest BCUT2D eigenvalue weighted by Gasteiger charge is -2.17. The van der Waals surface area contributed by atoms with E-state index in [0.717, 1.165) is 38.5 Å². The normalized spacial score (nSPS) is 11.5. The van der Waals surface area contributed by atoms with Gasteiger partial charge in [0, 0.05) is 12.8 Å². The fourth-order valence-electron chi connectivity index (χ4n) is 2.26. The number of carbonyl (C=O) groups is 2. The first kappa shape index (κ1) is 26.1. The average Bonchev–Trinajstić information content (AvgIpc) is 2.44. The first-order valence-corrected chi connectivity index (χ1v) is 9.43. The molecule has 0 fully saturated rings. The third kappa shape index (κ3) is 28.0.